The second-order valence-electron chi connectivity index (χ2n) is 6.57. The highest BCUT2D eigenvalue weighted by Gasteiger charge is 2.15. The maximum Gasteiger partial charge on any atom is 0.311 e. The largest absolute Gasteiger partial charge is 0.469 e. The van der Waals surface area contributed by atoms with E-state index in [9.17, 15) is 9.59 Å². The summed E-state index contributed by atoms with van der Waals surface area (Å²) in [6.07, 6.45) is 1.89. The van der Waals surface area contributed by atoms with Gasteiger partial charge in [-0.1, -0.05) is 53.7 Å². The third kappa shape index (κ3) is 6.22. The molecule has 0 spiro atoms. The molecule has 0 radical (unpaired) electrons. The number of benzene rings is 2. The number of para-hydroxylation sites is 2. The number of carbonyl (C=O) groups excluding carboxylic acids is 2. The molecule has 0 bridgehead atoms. The predicted octanol–water partition coefficient (Wildman–Crippen LogP) is 3.95. The molecular weight excluding hydrogens is 386 g/mol. The molecule has 1 aliphatic heterocycles. The molecule has 0 saturated heterocycles. The highest BCUT2D eigenvalue weighted by molar-refractivity contribution is 8.14. The van der Waals surface area contributed by atoms with E-state index in [0.29, 0.717) is 17.3 Å². The van der Waals surface area contributed by atoms with Gasteiger partial charge in [0.2, 0.25) is 5.91 Å². The summed E-state index contributed by atoms with van der Waals surface area (Å²) in [6, 6.07) is 15.6. The van der Waals surface area contributed by atoms with E-state index in [0.717, 1.165) is 16.9 Å². The van der Waals surface area contributed by atoms with Crippen molar-refractivity contribution >= 4 is 40.1 Å². The number of anilines is 1. The molecule has 0 aromatic heterocycles. The van der Waals surface area contributed by atoms with E-state index in [1.807, 2.05) is 55.5 Å². The summed E-state index contributed by atoms with van der Waals surface area (Å²) in [7, 11) is 1.36. The first kappa shape index (κ1) is 20.7. The molecule has 1 heterocycles. The van der Waals surface area contributed by atoms with Crippen LogP contribution < -0.4 is 10.6 Å². The lowest BCUT2D eigenvalue weighted by Gasteiger charge is -2.09. The minimum Gasteiger partial charge on any atom is -0.469 e. The van der Waals surface area contributed by atoms with Gasteiger partial charge in [0, 0.05) is 12.2 Å². The lowest BCUT2D eigenvalue weighted by atomic mass is 10.1. The number of amides is 1. The van der Waals surface area contributed by atoms with Crippen molar-refractivity contribution in [3.05, 3.63) is 71.4 Å². The van der Waals surface area contributed by atoms with E-state index in [1.165, 1.54) is 24.4 Å². The van der Waals surface area contributed by atoms with Crippen LogP contribution in [0.2, 0.25) is 0 Å². The van der Waals surface area contributed by atoms with Crippen molar-refractivity contribution in [2.24, 2.45) is 4.99 Å². The lowest BCUT2D eigenvalue weighted by Crippen LogP contribution is -2.25. The highest BCUT2D eigenvalue weighted by atomic mass is 32.2. The van der Waals surface area contributed by atoms with Gasteiger partial charge in [0.15, 0.2) is 0 Å². The van der Waals surface area contributed by atoms with Crippen molar-refractivity contribution in [1.82, 2.24) is 5.32 Å². The monoisotopic (exact) mass is 409 g/mol. The van der Waals surface area contributed by atoms with Crippen molar-refractivity contribution in [2.75, 3.05) is 18.2 Å². The zero-order chi connectivity index (χ0) is 20.6. The van der Waals surface area contributed by atoms with Crippen molar-refractivity contribution in [3.8, 4) is 0 Å². The fraction of sp³-hybridized carbons (Fsp3) is 0.227. The number of nitrogens with one attached hydrogen (secondary N) is 2. The van der Waals surface area contributed by atoms with Crippen LogP contribution in [0.25, 0.3) is 0 Å². The number of aliphatic imine (C=N–C) groups is 1. The third-order valence-electron chi connectivity index (χ3n) is 4.25. The van der Waals surface area contributed by atoms with Gasteiger partial charge in [-0.2, -0.15) is 0 Å². The summed E-state index contributed by atoms with van der Waals surface area (Å²) in [6.45, 7) is 2.52. The summed E-state index contributed by atoms with van der Waals surface area (Å²) in [4.78, 5) is 28.6. The molecule has 7 heteroatoms. The predicted molar refractivity (Wildman–Crippen MR) is 117 cm³/mol. The van der Waals surface area contributed by atoms with Crippen LogP contribution in [-0.2, 0) is 20.9 Å². The number of hydrogen-bond acceptors (Lipinski definition) is 6. The Labute approximate surface area is 174 Å². The first-order chi connectivity index (χ1) is 14.0. The standard InChI is InChI=1S/C22H23N3O3S/c1-15-7-9-16(10-8-15)13-23-20(26)14-29-21-11-17(12-22(27)28-2)24-18-5-3-4-6-19(18)25-21/h3-11,24H,12-14H2,1-2H3,(H,23,26). The van der Waals surface area contributed by atoms with Gasteiger partial charge in [0.05, 0.1) is 35.7 Å². The van der Waals surface area contributed by atoms with Crippen LogP contribution in [0.4, 0.5) is 11.4 Å². The Morgan fingerprint density at radius 2 is 1.90 bits per heavy atom. The molecule has 3 rings (SSSR count). The first-order valence-corrected chi connectivity index (χ1v) is 10.2. The lowest BCUT2D eigenvalue weighted by molar-refractivity contribution is -0.139. The number of fused-ring (bicyclic) bond motifs is 1. The molecule has 6 nitrogen and oxygen atoms in total. The van der Waals surface area contributed by atoms with Gasteiger partial charge < -0.3 is 15.4 Å². The Kier molecular flexibility index (Phi) is 7.08. The Morgan fingerprint density at radius 3 is 2.66 bits per heavy atom. The van der Waals surface area contributed by atoms with Crippen LogP contribution in [0.3, 0.4) is 0 Å². The maximum absolute atomic E-state index is 12.3. The fourth-order valence-electron chi connectivity index (χ4n) is 2.68. The zero-order valence-electron chi connectivity index (χ0n) is 16.4. The SMILES string of the molecule is COC(=O)CC1=CC(SCC(=O)NCc2ccc(C)cc2)=Nc2ccccc2N1. The van der Waals surface area contributed by atoms with Gasteiger partial charge in [-0.3, -0.25) is 9.59 Å². The van der Waals surface area contributed by atoms with E-state index < -0.39 is 0 Å². The second-order valence-corrected chi connectivity index (χ2v) is 7.56. The van der Waals surface area contributed by atoms with Gasteiger partial charge in [-0.05, 0) is 30.7 Å². The fourth-order valence-corrected chi connectivity index (χ4v) is 3.45. The number of hydrogen-bond donors (Lipinski definition) is 2. The van der Waals surface area contributed by atoms with Crippen LogP contribution >= 0.6 is 11.8 Å². The van der Waals surface area contributed by atoms with E-state index in [2.05, 4.69) is 15.6 Å². The van der Waals surface area contributed by atoms with Crippen LogP contribution in [0.5, 0.6) is 0 Å². The molecule has 29 heavy (non-hydrogen) atoms. The van der Waals surface area contributed by atoms with Gasteiger partial charge in [0.25, 0.3) is 0 Å². The Balaban J connectivity index is 1.64. The quantitative estimate of drug-likeness (QED) is 0.707. The van der Waals surface area contributed by atoms with Crippen molar-refractivity contribution in [2.45, 2.75) is 19.9 Å². The molecule has 150 valence electrons. The molecule has 2 N–H and O–H groups in total. The number of esters is 1. The maximum atomic E-state index is 12.3. The van der Waals surface area contributed by atoms with E-state index >= 15 is 0 Å². The molecule has 0 unspecified atom stereocenters. The number of thioether (sulfide) groups is 1. The number of carbonyl (C=O) groups is 2. The Hall–Kier alpha value is -3.06. The van der Waals surface area contributed by atoms with Crippen LogP contribution in [-0.4, -0.2) is 29.8 Å². The highest BCUT2D eigenvalue weighted by Crippen LogP contribution is 2.30. The van der Waals surface area contributed by atoms with Crippen LogP contribution in [0.15, 0.2) is 65.3 Å². The number of ether oxygens (including phenoxy) is 1. The molecule has 1 aliphatic rings. The summed E-state index contributed by atoms with van der Waals surface area (Å²) >= 11 is 1.33. The Morgan fingerprint density at radius 1 is 1.14 bits per heavy atom. The minimum atomic E-state index is -0.344. The third-order valence-corrected chi connectivity index (χ3v) is 5.16. The van der Waals surface area contributed by atoms with Crippen LogP contribution in [0.1, 0.15) is 17.5 Å². The van der Waals surface area contributed by atoms with Gasteiger partial charge in [0.1, 0.15) is 0 Å². The number of methoxy groups -OCH3 is 1. The molecule has 2 aromatic carbocycles. The number of aryl methyl sites for hydroxylation is 1. The molecule has 0 saturated carbocycles. The average molecular weight is 410 g/mol. The zero-order valence-corrected chi connectivity index (χ0v) is 17.2. The topological polar surface area (TPSA) is 79.8 Å². The van der Waals surface area contributed by atoms with Crippen molar-refractivity contribution in [1.29, 1.82) is 0 Å². The van der Waals surface area contributed by atoms with E-state index in [1.54, 1.807) is 6.08 Å². The van der Waals surface area contributed by atoms with Gasteiger partial charge in [-0.25, -0.2) is 4.99 Å². The molecule has 2 aromatic rings. The smallest absolute Gasteiger partial charge is 0.311 e. The van der Waals surface area contributed by atoms with Gasteiger partial charge in [-0.15, -0.1) is 0 Å². The summed E-state index contributed by atoms with van der Waals surface area (Å²) in [5, 5.41) is 6.80. The van der Waals surface area contributed by atoms with E-state index in [-0.39, 0.29) is 24.1 Å². The molecule has 0 fully saturated rings. The second kappa shape index (κ2) is 9.93. The van der Waals surface area contributed by atoms with E-state index in [4.69, 9.17) is 4.74 Å². The number of nitrogens with zero attached hydrogens (tertiary/aromatic N) is 1. The van der Waals surface area contributed by atoms with Gasteiger partial charge >= 0.3 is 5.97 Å². The Bertz CT molecular complexity index is 952. The van der Waals surface area contributed by atoms with Crippen LogP contribution in [0, 0.1) is 6.92 Å². The minimum absolute atomic E-state index is 0.0771. The first-order valence-electron chi connectivity index (χ1n) is 9.20. The molecular formula is C22H23N3O3S. The summed E-state index contributed by atoms with van der Waals surface area (Å²) in [5.74, 6) is -0.190. The average Bonchev–Trinajstić information content (AvgIpc) is 2.90. The molecule has 0 atom stereocenters. The normalized spacial score (nSPS) is 12.6. The molecule has 0 aliphatic carbocycles. The number of rotatable bonds is 6. The molecule has 1 amide bonds. The van der Waals surface area contributed by atoms with Crippen molar-refractivity contribution in [3.63, 3.8) is 0 Å². The summed E-state index contributed by atoms with van der Waals surface area (Å²) in [5.41, 5.74) is 4.48. The van der Waals surface area contributed by atoms with Crippen molar-refractivity contribution < 1.29 is 14.3 Å². The summed E-state index contributed by atoms with van der Waals surface area (Å²) < 4.78 is 4.77.